The smallest absolute Gasteiger partial charge is 0.144 e. The van der Waals surface area contributed by atoms with E-state index in [2.05, 4.69) is 30.7 Å². The Balaban J connectivity index is 1.63. The Morgan fingerprint density at radius 3 is 2.31 bits per heavy atom. The lowest BCUT2D eigenvalue weighted by Gasteiger charge is -2.19. The second-order valence-electron chi connectivity index (χ2n) is 10.1. The van der Waals surface area contributed by atoms with Gasteiger partial charge in [-0.3, -0.25) is 4.98 Å². The Kier molecular flexibility index (Phi) is 3.64. The van der Waals surface area contributed by atoms with Crippen LogP contribution in [0.2, 0.25) is 19.6 Å². The second-order valence-corrected chi connectivity index (χ2v) is 15.2. The molecule has 0 aliphatic rings. The number of fused-ring (bicyclic) bond motifs is 5. The molecule has 0 aliphatic heterocycles. The molecule has 0 amide bonds. The van der Waals surface area contributed by atoms with Crippen molar-refractivity contribution in [3.8, 4) is 22.4 Å². The maximum Gasteiger partial charge on any atom is 0.144 e. The fraction of sp³-hybridized carbons (Fsp3) is 0.156. The van der Waals surface area contributed by atoms with Crippen LogP contribution in [0.15, 0.2) is 89.5 Å². The molecule has 0 N–H and O–H groups in total. The number of pyridine rings is 1. The highest BCUT2D eigenvalue weighted by Crippen LogP contribution is 2.39. The van der Waals surface area contributed by atoms with Gasteiger partial charge in [0.2, 0.25) is 0 Å². The molecule has 3 heteroatoms. The summed E-state index contributed by atoms with van der Waals surface area (Å²) in [6, 6.07) is 25.1. The largest absolute Gasteiger partial charge is 0.455 e. The van der Waals surface area contributed by atoms with Crippen LogP contribution in [-0.2, 0) is 0 Å². The molecule has 0 saturated carbocycles. The third kappa shape index (κ3) is 3.58. The van der Waals surface area contributed by atoms with Crippen molar-refractivity contribution in [2.24, 2.45) is 0 Å². The van der Waals surface area contributed by atoms with Gasteiger partial charge in [0.25, 0.3) is 0 Å². The SMILES string of the molecule is [2H]C([2H])([2H])c1cnc(-c2cccc3c2oc2c4ccccc4ccc32)cc1-c1ccc([Si](C)(C)C)cc1C([2H])([2H])[2H]. The summed E-state index contributed by atoms with van der Waals surface area (Å²) >= 11 is 0. The van der Waals surface area contributed by atoms with Gasteiger partial charge in [-0.15, -0.1) is 0 Å². The van der Waals surface area contributed by atoms with Gasteiger partial charge < -0.3 is 4.42 Å². The Bertz CT molecular complexity index is 1960. The molecule has 0 spiro atoms. The van der Waals surface area contributed by atoms with Crippen molar-refractivity contribution >= 4 is 46.0 Å². The number of nitrogens with zero attached hydrogens (tertiary/aromatic N) is 1. The van der Waals surface area contributed by atoms with E-state index in [9.17, 15) is 0 Å². The summed E-state index contributed by atoms with van der Waals surface area (Å²) in [6.45, 7) is 1.54. The zero-order valence-electron chi connectivity index (χ0n) is 25.9. The lowest BCUT2D eigenvalue weighted by Crippen LogP contribution is -2.37. The van der Waals surface area contributed by atoms with E-state index in [-0.39, 0.29) is 11.1 Å². The number of para-hydroxylation sites is 1. The van der Waals surface area contributed by atoms with Gasteiger partial charge in [-0.25, -0.2) is 0 Å². The Hall–Kier alpha value is -3.69. The zero-order valence-corrected chi connectivity index (χ0v) is 20.9. The van der Waals surface area contributed by atoms with E-state index in [4.69, 9.17) is 12.6 Å². The number of hydrogen-bond donors (Lipinski definition) is 0. The molecular formula is C32H29NOSi. The van der Waals surface area contributed by atoms with Gasteiger partial charge in [0.1, 0.15) is 11.2 Å². The average molecular weight is 478 g/mol. The van der Waals surface area contributed by atoms with E-state index in [1.807, 2.05) is 54.6 Å². The van der Waals surface area contributed by atoms with Gasteiger partial charge in [0.05, 0.1) is 13.8 Å². The Labute approximate surface area is 215 Å². The molecule has 35 heavy (non-hydrogen) atoms. The first kappa shape index (κ1) is 16.1. The molecule has 172 valence electrons. The van der Waals surface area contributed by atoms with Crippen LogP contribution in [0.1, 0.15) is 19.4 Å². The van der Waals surface area contributed by atoms with E-state index in [0.717, 1.165) is 32.3 Å². The van der Waals surface area contributed by atoms with Crippen molar-refractivity contribution in [1.29, 1.82) is 0 Å². The second kappa shape index (κ2) is 7.93. The molecular weight excluding hydrogens is 442 g/mol. The topological polar surface area (TPSA) is 26.0 Å². The van der Waals surface area contributed by atoms with Crippen molar-refractivity contribution in [3.05, 3.63) is 96.2 Å². The molecule has 0 atom stereocenters. The number of rotatable bonds is 3. The van der Waals surface area contributed by atoms with Crippen molar-refractivity contribution in [3.63, 3.8) is 0 Å². The van der Waals surface area contributed by atoms with E-state index in [1.165, 1.54) is 6.20 Å². The maximum atomic E-state index is 8.32. The highest BCUT2D eigenvalue weighted by atomic mass is 28.3. The van der Waals surface area contributed by atoms with Crippen LogP contribution in [0.25, 0.3) is 55.1 Å². The average Bonchev–Trinajstić information content (AvgIpc) is 3.30. The Morgan fingerprint density at radius 1 is 0.686 bits per heavy atom. The number of furan rings is 1. The van der Waals surface area contributed by atoms with Crippen LogP contribution in [0.5, 0.6) is 0 Å². The lowest BCUT2D eigenvalue weighted by molar-refractivity contribution is 0.673. The highest BCUT2D eigenvalue weighted by molar-refractivity contribution is 6.88. The molecule has 0 fully saturated rings. The first-order valence-corrected chi connectivity index (χ1v) is 15.2. The first-order valence-electron chi connectivity index (χ1n) is 14.7. The monoisotopic (exact) mass is 477 g/mol. The number of aromatic nitrogens is 1. The van der Waals surface area contributed by atoms with Crippen molar-refractivity contribution in [2.75, 3.05) is 0 Å². The minimum atomic E-state index is -2.49. The molecule has 0 saturated heterocycles. The molecule has 0 aliphatic carbocycles. The third-order valence-electron chi connectivity index (χ3n) is 6.74. The van der Waals surface area contributed by atoms with Crippen LogP contribution in [0.4, 0.5) is 0 Å². The van der Waals surface area contributed by atoms with Crippen molar-refractivity contribution in [2.45, 2.75) is 33.3 Å². The number of aryl methyl sites for hydroxylation is 2. The summed E-state index contributed by atoms with van der Waals surface area (Å²) in [7, 11) is -1.83. The number of benzene rings is 4. The predicted octanol–water partition coefficient (Wildman–Crippen LogP) is 8.63. The standard InChI is InChI=1S/C32H29NOSi/c1-20-17-23(35(3,4)5)14-16-24(20)29-18-30(33-19-21(29)2)28-12-8-11-26-27-15-13-22-9-6-7-10-25(22)31(27)34-32(26)28/h6-19H,1-5H3/i1D3,2D3. The zero-order chi connectivity index (χ0) is 29.3. The van der Waals surface area contributed by atoms with E-state index in [1.54, 1.807) is 18.2 Å². The molecule has 2 heterocycles. The third-order valence-corrected chi connectivity index (χ3v) is 8.79. The molecule has 0 radical (unpaired) electrons. The van der Waals surface area contributed by atoms with Crippen molar-refractivity contribution in [1.82, 2.24) is 4.98 Å². The van der Waals surface area contributed by atoms with E-state index in [0.29, 0.717) is 28.0 Å². The van der Waals surface area contributed by atoms with Gasteiger partial charge in [-0.2, -0.15) is 0 Å². The lowest BCUT2D eigenvalue weighted by atomic mass is 9.95. The fourth-order valence-electron chi connectivity index (χ4n) is 4.80. The maximum absolute atomic E-state index is 8.32. The Morgan fingerprint density at radius 2 is 1.49 bits per heavy atom. The molecule has 6 rings (SSSR count). The first-order chi connectivity index (χ1) is 19.2. The van der Waals surface area contributed by atoms with Gasteiger partial charge in [0.15, 0.2) is 0 Å². The van der Waals surface area contributed by atoms with Gasteiger partial charge >= 0.3 is 0 Å². The molecule has 2 aromatic heterocycles. The summed E-state index contributed by atoms with van der Waals surface area (Å²) in [6.07, 6.45) is 1.35. The van der Waals surface area contributed by atoms with Crippen LogP contribution in [-0.4, -0.2) is 13.1 Å². The highest BCUT2D eigenvalue weighted by Gasteiger charge is 2.19. The normalized spacial score (nSPS) is 15.4. The van der Waals surface area contributed by atoms with Crippen LogP contribution in [0, 0.1) is 13.7 Å². The van der Waals surface area contributed by atoms with E-state index >= 15 is 0 Å². The van der Waals surface area contributed by atoms with Gasteiger partial charge in [-0.1, -0.05) is 85.5 Å². The summed E-state index contributed by atoms with van der Waals surface area (Å²) in [5, 5.41) is 4.97. The summed E-state index contributed by atoms with van der Waals surface area (Å²) in [5.41, 5.74) is 3.50. The predicted molar refractivity (Wildman–Crippen MR) is 152 cm³/mol. The summed E-state index contributed by atoms with van der Waals surface area (Å²) < 4.78 is 56.1. The van der Waals surface area contributed by atoms with Gasteiger partial charge in [0, 0.05) is 36.1 Å². The van der Waals surface area contributed by atoms with Gasteiger partial charge in [-0.05, 0) is 59.5 Å². The number of hydrogen-bond acceptors (Lipinski definition) is 2. The molecule has 6 aromatic rings. The van der Waals surface area contributed by atoms with Crippen LogP contribution in [0.3, 0.4) is 0 Å². The van der Waals surface area contributed by atoms with E-state index < -0.39 is 21.8 Å². The molecule has 0 unspecified atom stereocenters. The quantitative estimate of drug-likeness (QED) is 0.238. The fourth-order valence-corrected chi connectivity index (χ4v) is 5.96. The summed E-state index contributed by atoms with van der Waals surface area (Å²) in [5.74, 6) is 0. The summed E-state index contributed by atoms with van der Waals surface area (Å²) in [4.78, 5) is 4.58. The van der Waals surface area contributed by atoms with Crippen molar-refractivity contribution < 1.29 is 12.6 Å². The van der Waals surface area contributed by atoms with Crippen LogP contribution >= 0.6 is 0 Å². The molecule has 4 aromatic carbocycles. The molecule has 2 nitrogen and oxygen atoms in total. The minimum absolute atomic E-state index is 0.00952. The minimum Gasteiger partial charge on any atom is -0.455 e. The van der Waals surface area contributed by atoms with Crippen LogP contribution < -0.4 is 5.19 Å². The molecule has 0 bridgehead atoms.